The van der Waals surface area contributed by atoms with Gasteiger partial charge in [0, 0.05) is 38.0 Å². The van der Waals surface area contributed by atoms with Crippen molar-refractivity contribution in [3.05, 3.63) is 16.1 Å². The second kappa shape index (κ2) is 7.72. The summed E-state index contributed by atoms with van der Waals surface area (Å²) in [5.41, 5.74) is 0.535. The molecule has 0 N–H and O–H groups in total. The minimum Gasteiger partial charge on any atom is -0.346 e. The zero-order chi connectivity index (χ0) is 16.1. The number of rotatable bonds is 5. The van der Waals surface area contributed by atoms with Gasteiger partial charge in [-0.15, -0.1) is 11.3 Å². The Morgan fingerprint density at radius 3 is 2.64 bits per heavy atom. The Morgan fingerprint density at radius 1 is 1.41 bits per heavy atom. The lowest BCUT2D eigenvalue weighted by atomic mass is 9.95. The van der Waals surface area contributed by atoms with Crippen molar-refractivity contribution in [1.29, 1.82) is 0 Å². The molecule has 0 spiro atoms. The molecule has 122 valence electrons. The lowest BCUT2D eigenvalue weighted by Crippen LogP contribution is -2.43. The molecular weight excluding hydrogens is 298 g/mol. The van der Waals surface area contributed by atoms with Gasteiger partial charge in [0.1, 0.15) is 5.69 Å². The zero-order valence-corrected chi connectivity index (χ0v) is 14.5. The molecule has 1 saturated heterocycles. The summed E-state index contributed by atoms with van der Waals surface area (Å²) >= 11 is 1.49. The number of aryl methyl sites for hydroxylation is 1. The van der Waals surface area contributed by atoms with Crippen molar-refractivity contribution in [2.75, 3.05) is 26.7 Å². The van der Waals surface area contributed by atoms with Crippen LogP contribution < -0.4 is 0 Å². The third kappa shape index (κ3) is 4.06. The summed E-state index contributed by atoms with van der Waals surface area (Å²) < 4.78 is 0. The third-order valence-corrected chi connectivity index (χ3v) is 4.97. The Morgan fingerprint density at radius 2 is 2.09 bits per heavy atom. The lowest BCUT2D eigenvalue weighted by molar-refractivity contribution is -0.135. The van der Waals surface area contributed by atoms with Gasteiger partial charge in [0.15, 0.2) is 0 Å². The summed E-state index contributed by atoms with van der Waals surface area (Å²) in [6.45, 7) is 6.15. The summed E-state index contributed by atoms with van der Waals surface area (Å²) in [7, 11) is 1.88. The average molecular weight is 323 g/mol. The molecular formula is C16H25N3O2S. The van der Waals surface area contributed by atoms with E-state index in [1.54, 1.807) is 0 Å². The molecule has 1 aliphatic rings. The van der Waals surface area contributed by atoms with Crippen molar-refractivity contribution < 1.29 is 9.59 Å². The first kappa shape index (κ1) is 16.9. The molecule has 0 aliphatic carbocycles. The number of carbonyl (C=O) groups is 2. The third-order valence-electron chi connectivity index (χ3n) is 4.19. The Bertz CT molecular complexity index is 521. The van der Waals surface area contributed by atoms with E-state index >= 15 is 0 Å². The molecule has 2 heterocycles. The van der Waals surface area contributed by atoms with Gasteiger partial charge in [0.25, 0.3) is 5.91 Å². The zero-order valence-electron chi connectivity index (χ0n) is 13.7. The Kier molecular flexibility index (Phi) is 5.94. The number of piperidine rings is 1. The van der Waals surface area contributed by atoms with Crippen LogP contribution in [0.15, 0.2) is 5.38 Å². The van der Waals surface area contributed by atoms with E-state index in [0.717, 1.165) is 37.2 Å². The molecule has 6 heteroatoms. The highest BCUT2D eigenvalue weighted by molar-refractivity contribution is 7.09. The average Bonchev–Trinajstić information content (AvgIpc) is 2.97. The Balaban J connectivity index is 1.85. The summed E-state index contributed by atoms with van der Waals surface area (Å²) in [5, 5.41) is 2.72. The number of amides is 2. The number of carbonyl (C=O) groups excluding carboxylic acids is 2. The maximum absolute atomic E-state index is 12.4. The molecule has 1 aromatic heterocycles. The van der Waals surface area contributed by atoms with Gasteiger partial charge >= 0.3 is 0 Å². The first-order valence-corrected chi connectivity index (χ1v) is 8.87. The predicted octanol–water partition coefficient (Wildman–Crippen LogP) is 2.56. The highest BCUT2D eigenvalue weighted by atomic mass is 32.1. The van der Waals surface area contributed by atoms with Crippen LogP contribution in [0.3, 0.4) is 0 Å². The van der Waals surface area contributed by atoms with E-state index in [4.69, 9.17) is 0 Å². The number of unbranched alkanes of at least 4 members (excludes halogenated alkanes) is 1. The maximum atomic E-state index is 12.4. The van der Waals surface area contributed by atoms with Gasteiger partial charge in [-0.2, -0.15) is 0 Å². The van der Waals surface area contributed by atoms with Gasteiger partial charge in [0.05, 0.1) is 5.01 Å². The van der Waals surface area contributed by atoms with Gasteiger partial charge in [-0.1, -0.05) is 13.3 Å². The van der Waals surface area contributed by atoms with E-state index in [9.17, 15) is 9.59 Å². The SMILES string of the molecule is CCCCN(C)C(=O)C1CCN(C(=O)c2csc(C)n2)CC1. The molecule has 1 aliphatic heterocycles. The first-order valence-electron chi connectivity index (χ1n) is 7.99. The van der Waals surface area contributed by atoms with E-state index in [0.29, 0.717) is 18.8 Å². The first-order chi connectivity index (χ1) is 10.5. The fourth-order valence-electron chi connectivity index (χ4n) is 2.77. The van der Waals surface area contributed by atoms with Crippen molar-refractivity contribution in [2.24, 2.45) is 5.92 Å². The highest BCUT2D eigenvalue weighted by Gasteiger charge is 2.29. The summed E-state index contributed by atoms with van der Waals surface area (Å²) in [6, 6.07) is 0. The molecule has 0 bridgehead atoms. The van der Waals surface area contributed by atoms with Crippen LogP contribution in [0.25, 0.3) is 0 Å². The number of hydrogen-bond donors (Lipinski definition) is 0. The van der Waals surface area contributed by atoms with E-state index in [-0.39, 0.29) is 17.7 Å². The van der Waals surface area contributed by atoms with Crippen molar-refractivity contribution in [3.63, 3.8) is 0 Å². The number of aromatic nitrogens is 1. The molecule has 0 atom stereocenters. The predicted molar refractivity (Wildman–Crippen MR) is 88.0 cm³/mol. The molecule has 2 rings (SSSR count). The molecule has 1 aromatic rings. The van der Waals surface area contributed by atoms with Crippen molar-refractivity contribution in [1.82, 2.24) is 14.8 Å². The second-order valence-electron chi connectivity index (χ2n) is 5.93. The van der Waals surface area contributed by atoms with Crippen LogP contribution in [0.5, 0.6) is 0 Å². The van der Waals surface area contributed by atoms with E-state index in [1.807, 2.05) is 29.2 Å². The molecule has 1 fully saturated rings. The summed E-state index contributed by atoms with van der Waals surface area (Å²) in [4.78, 5) is 32.6. The van der Waals surface area contributed by atoms with Crippen LogP contribution >= 0.6 is 11.3 Å². The second-order valence-corrected chi connectivity index (χ2v) is 6.99. The summed E-state index contributed by atoms with van der Waals surface area (Å²) in [5.74, 6) is 0.280. The highest BCUT2D eigenvalue weighted by Crippen LogP contribution is 2.21. The summed E-state index contributed by atoms with van der Waals surface area (Å²) in [6.07, 6.45) is 3.65. The molecule has 2 amide bonds. The van der Waals surface area contributed by atoms with Gasteiger partial charge in [-0.05, 0) is 26.2 Å². The maximum Gasteiger partial charge on any atom is 0.273 e. The topological polar surface area (TPSA) is 53.5 Å². The normalized spacial score (nSPS) is 15.9. The fraction of sp³-hybridized carbons (Fsp3) is 0.688. The van der Waals surface area contributed by atoms with Crippen LogP contribution in [0, 0.1) is 12.8 Å². The van der Waals surface area contributed by atoms with E-state index in [1.165, 1.54) is 11.3 Å². The molecule has 0 saturated carbocycles. The number of hydrogen-bond acceptors (Lipinski definition) is 4. The van der Waals surface area contributed by atoms with E-state index in [2.05, 4.69) is 11.9 Å². The minimum atomic E-state index is -0.00501. The largest absolute Gasteiger partial charge is 0.346 e. The lowest BCUT2D eigenvalue weighted by Gasteiger charge is -2.33. The standard InChI is InChI=1S/C16H25N3O2S/c1-4-5-8-18(3)15(20)13-6-9-19(10-7-13)16(21)14-11-22-12(2)17-14/h11,13H,4-10H2,1-3H3. The van der Waals surface area contributed by atoms with E-state index < -0.39 is 0 Å². The molecule has 0 aromatic carbocycles. The van der Waals surface area contributed by atoms with Crippen LogP contribution in [-0.4, -0.2) is 53.3 Å². The van der Waals surface area contributed by atoms with Crippen molar-refractivity contribution in [3.8, 4) is 0 Å². The quantitative estimate of drug-likeness (QED) is 0.837. The Hall–Kier alpha value is -1.43. The van der Waals surface area contributed by atoms with Gasteiger partial charge < -0.3 is 9.80 Å². The van der Waals surface area contributed by atoms with Crippen LogP contribution in [0.1, 0.15) is 48.1 Å². The molecule has 0 unspecified atom stereocenters. The van der Waals surface area contributed by atoms with Crippen molar-refractivity contribution >= 4 is 23.2 Å². The van der Waals surface area contributed by atoms with Gasteiger partial charge in [0.2, 0.25) is 5.91 Å². The van der Waals surface area contributed by atoms with Crippen LogP contribution in [0.4, 0.5) is 0 Å². The van der Waals surface area contributed by atoms with Crippen molar-refractivity contribution in [2.45, 2.75) is 39.5 Å². The van der Waals surface area contributed by atoms with Crippen LogP contribution in [0.2, 0.25) is 0 Å². The smallest absolute Gasteiger partial charge is 0.273 e. The molecule has 0 radical (unpaired) electrons. The minimum absolute atomic E-state index is 0.00501. The molecule has 22 heavy (non-hydrogen) atoms. The monoisotopic (exact) mass is 323 g/mol. The van der Waals surface area contributed by atoms with Gasteiger partial charge in [-0.3, -0.25) is 9.59 Å². The number of likely N-dealkylation sites (tertiary alicyclic amines) is 1. The number of thiazole rings is 1. The fourth-order valence-corrected chi connectivity index (χ4v) is 3.36. The van der Waals surface area contributed by atoms with Crippen LogP contribution in [-0.2, 0) is 4.79 Å². The van der Waals surface area contributed by atoms with Gasteiger partial charge in [-0.25, -0.2) is 4.98 Å². The molecule has 5 nitrogen and oxygen atoms in total. The number of nitrogens with zero attached hydrogens (tertiary/aromatic N) is 3. The Labute approximate surface area is 136 Å².